The molecule has 1 heterocycles. The zero-order valence-electron chi connectivity index (χ0n) is 15.4. The number of rotatable bonds is 7. The van der Waals surface area contributed by atoms with E-state index in [1.54, 1.807) is 12.1 Å². The van der Waals surface area contributed by atoms with Gasteiger partial charge in [-0.25, -0.2) is 8.78 Å². The van der Waals surface area contributed by atoms with Gasteiger partial charge in [0.05, 0.1) is 9.92 Å². The second-order valence-electron chi connectivity index (χ2n) is 6.56. The summed E-state index contributed by atoms with van der Waals surface area (Å²) in [4.78, 5) is 13.4. The van der Waals surface area contributed by atoms with E-state index >= 15 is 0 Å². The Labute approximate surface area is 165 Å². The molecule has 0 saturated carbocycles. The molecule has 2 aromatic carbocycles. The molecular weight excluding hydrogens is 384 g/mol. The highest BCUT2D eigenvalue weighted by Gasteiger charge is 2.15. The minimum absolute atomic E-state index is 0.0121. The number of halogens is 2. The first-order chi connectivity index (χ1) is 13.3. The lowest BCUT2D eigenvalue weighted by Gasteiger charge is -2.10. The van der Waals surface area contributed by atoms with Crippen LogP contribution >= 0.6 is 11.3 Å². The Morgan fingerprint density at radius 3 is 2.32 bits per heavy atom. The van der Waals surface area contributed by atoms with Gasteiger partial charge in [0.15, 0.2) is 0 Å². The third kappa shape index (κ3) is 4.52. The Morgan fingerprint density at radius 1 is 1.11 bits per heavy atom. The Balaban J connectivity index is 1.88. The van der Waals surface area contributed by atoms with Crippen LogP contribution in [0.1, 0.15) is 11.1 Å². The number of nitro benzene ring substituents is 1. The standard InChI is InChI=1S/C20H19F2N3O2S/c1-24(2)12-14-10-19(23-11-16-17(21)4-3-5-18(16)22)28-20(14)13-6-8-15(9-7-13)25(26)27/h3-10,23H,11-12H2,1-2H3. The van der Waals surface area contributed by atoms with Gasteiger partial charge in [0, 0.05) is 35.7 Å². The maximum Gasteiger partial charge on any atom is 0.269 e. The summed E-state index contributed by atoms with van der Waals surface area (Å²) in [6.45, 7) is 0.693. The van der Waals surface area contributed by atoms with Gasteiger partial charge in [-0.15, -0.1) is 11.3 Å². The summed E-state index contributed by atoms with van der Waals surface area (Å²) in [6, 6.07) is 12.1. The van der Waals surface area contributed by atoms with E-state index in [-0.39, 0.29) is 17.8 Å². The number of non-ortho nitro benzene ring substituents is 1. The molecule has 1 aromatic heterocycles. The van der Waals surface area contributed by atoms with Crippen molar-refractivity contribution in [2.75, 3.05) is 19.4 Å². The lowest BCUT2D eigenvalue weighted by molar-refractivity contribution is -0.384. The Kier molecular flexibility index (Phi) is 6.01. The Morgan fingerprint density at radius 2 is 1.75 bits per heavy atom. The zero-order chi connectivity index (χ0) is 20.3. The fourth-order valence-electron chi connectivity index (χ4n) is 2.83. The van der Waals surface area contributed by atoms with Crippen LogP contribution in [0.15, 0.2) is 48.5 Å². The average molecular weight is 403 g/mol. The molecule has 0 spiro atoms. The van der Waals surface area contributed by atoms with E-state index < -0.39 is 16.6 Å². The minimum atomic E-state index is -0.590. The fourth-order valence-corrected chi connectivity index (χ4v) is 3.90. The molecule has 28 heavy (non-hydrogen) atoms. The maximum absolute atomic E-state index is 13.8. The van der Waals surface area contributed by atoms with Gasteiger partial charge >= 0.3 is 0 Å². The second kappa shape index (κ2) is 8.45. The van der Waals surface area contributed by atoms with Gasteiger partial charge in [0.2, 0.25) is 0 Å². The number of benzene rings is 2. The van der Waals surface area contributed by atoms with Gasteiger partial charge in [-0.2, -0.15) is 0 Å². The largest absolute Gasteiger partial charge is 0.373 e. The molecule has 0 aliphatic carbocycles. The molecule has 1 N–H and O–H groups in total. The van der Waals surface area contributed by atoms with Gasteiger partial charge in [-0.3, -0.25) is 10.1 Å². The Bertz CT molecular complexity index is 967. The molecule has 0 atom stereocenters. The molecule has 8 heteroatoms. The third-order valence-electron chi connectivity index (χ3n) is 4.14. The van der Waals surface area contributed by atoms with Gasteiger partial charge in [0.1, 0.15) is 11.6 Å². The van der Waals surface area contributed by atoms with E-state index in [0.29, 0.717) is 6.54 Å². The summed E-state index contributed by atoms with van der Waals surface area (Å²) in [6.07, 6.45) is 0. The predicted molar refractivity (Wildman–Crippen MR) is 107 cm³/mol. The normalized spacial score (nSPS) is 11.0. The second-order valence-corrected chi connectivity index (χ2v) is 7.61. The van der Waals surface area contributed by atoms with Crippen LogP contribution in [0, 0.1) is 21.7 Å². The fraction of sp³-hybridized carbons (Fsp3) is 0.200. The average Bonchev–Trinajstić information content (AvgIpc) is 3.03. The van der Waals surface area contributed by atoms with E-state index in [9.17, 15) is 18.9 Å². The first-order valence-corrected chi connectivity index (χ1v) is 9.36. The van der Waals surface area contributed by atoms with Crippen LogP contribution in [0.5, 0.6) is 0 Å². The van der Waals surface area contributed by atoms with E-state index in [0.717, 1.165) is 21.0 Å². The molecular formula is C20H19F2N3O2S. The van der Waals surface area contributed by atoms with Crippen molar-refractivity contribution in [3.63, 3.8) is 0 Å². The van der Waals surface area contributed by atoms with Crippen molar-refractivity contribution in [2.24, 2.45) is 0 Å². The van der Waals surface area contributed by atoms with Crippen LogP contribution in [0.25, 0.3) is 10.4 Å². The highest BCUT2D eigenvalue weighted by molar-refractivity contribution is 7.19. The van der Waals surface area contributed by atoms with E-state index in [2.05, 4.69) is 5.32 Å². The SMILES string of the molecule is CN(C)Cc1cc(NCc2c(F)cccc2F)sc1-c1ccc([N+](=O)[O-])cc1. The van der Waals surface area contributed by atoms with Gasteiger partial charge in [-0.1, -0.05) is 6.07 Å². The number of anilines is 1. The van der Waals surface area contributed by atoms with Crippen molar-refractivity contribution in [2.45, 2.75) is 13.1 Å². The molecule has 3 aromatic rings. The highest BCUT2D eigenvalue weighted by atomic mass is 32.1. The van der Waals surface area contributed by atoms with Crippen molar-refractivity contribution in [3.8, 4) is 10.4 Å². The first-order valence-electron chi connectivity index (χ1n) is 8.54. The topological polar surface area (TPSA) is 58.4 Å². The molecule has 0 unspecified atom stereocenters. The number of nitro groups is 1. The van der Waals surface area contributed by atoms with Crippen LogP contribution in [-0.4, -0.2) is 23.9 Å². The van der Waals surface area contributed by atoms with Crippen molar-refractivity contribution in [1.82, 2.24) is 4.90 Å². The molecule has 146 valence electrons. The van der Waals surface area contributed by atoms with E-state index in [4.69, 9.17) is 0 Å². The number of hydrogen-bond acceptors (Lipinski definition) is 5. The van der Waals surface area contributed by atoms with Crippen LogP contribution < -0.4 is 5.32 Å². The quantitative estimate of drug-likeness (QED) is 0.431. The summed E-state index contributed by atoms with van der Waals surface area (Å²) >= 11 is 1.45. The minimum Gasteiger partial charge on any atom is -0.373 e. The highest BCUT2D eigenvalue weighted by Crippen LogP contribution is 2.37. The molecule has 0 fully saturated rings. The van der Waals surface area contributed by atoms with Crippen molar-refractivity contribution in [3.05, 3.63) is 81.4 Å². The molecule has 3 rings (SSSR count). The number of nitrogens with zero attached hydrogens (tertiary/aromatic N) is 2. The lowest BCUT2D eigenvalue weighted by Crippen LogP contribution is -2.10. The van der Waals surface area contributed by atoms with Gasteiger partial charge in [0.25, 0.3) is 5.69 Å². The molecule has 0 amide bonds. The number of thiophene rings is 1. The number of nitrogens with one attached hydrogen (secondary N) is 1. The van der Waals surface area contributed by atoms with Crippen molar-refractivity contribution in [1.29, 1.82) is 0 Å². The molecule has 0 aliphatic rings. The van der Waals surface area contributed by atoms with E-state index in [1.165, 1.54) is 41.7 Å². The Hall–Kier alpha value is -2.84. The number of hydrogen-bond donors (Lipinski definition) is 1. The summed E-state index contributed by atoms with van der Waals surface area (Å²) < 4.78 is 27.7. The van der Waals surface area contributed by atoms with Crippen LogP contribution in [-0.2, 0) is 13.1 Å². The van der Waals surface area contributed by atoms with Gasteiger partial charge < -0.3 is 10.2 Å². The smallest absolute Gasteiger partial charge is 0.269 e. The predicted octanol–water partition coefficient (Wildman–Crippen LogP) is 5.28. The van der Waals surface area contributed by atoms with Crippen LogP contribution in [0.2, 0.25) is 0 Å². The zero-order valence-corrected chi connectivity index (χ0v) is 16.2. The van der Waals surface area contributed by atoms with Crippen LogP contribution in [0.4, 0.5) is 19.5 Å². The van der Waals surface area contributed by atoms with E-state index in [1.807, 2.05) is 25.1 Å². The van der Waals surface area contributed by atoms with Crippen LogP contribution in [0.3, 0.4) is 0 Å². The molecule has 0 radical (unpaired) electrons. The molecule has 0 aliphatic heterocycles. The summed E-state index contributed by atoms with van der Waals surface area (Å²) in [5.41, 5.74) is 1.91. The van der Waals surface area contributed by atoms with Crippen molar-refractivity contribution < 1.29 is 13.7 Å². The lowest BCUT2D eigenvalue weighted by atomic mass is 10.1. The first kappa shape index (κ1) is 19.9. The summed E-state index contributed by atoms with van der Waals surface area (Å²) in [5.74, 6) is -1.18. The monoisotopic (exact) mass is 403 g/mol. The maximum atomic E-state index is 13.8. The summed E-state index contributed by atoms with van der Waals surface area (Å²) in [7, 11) is 3.89. The molecule has 0 saturated heterocycles. The van der Waals surface area contributed by atoms with Gasteiger partial charge in [-0.05, 0) is 55.6 Å². The molecule has 5 nitrogen and oxygen atoms in total. The summed E-state index contributed by atoms with van der Waals surface area (Å²) in [5, 5.41) is 14.7. The molecule has 0 bridgehead atoms. The van der Waals surface area contributed by atoms with Crippen molar-refractivity contribution >= 4 is 22.0 Å². The third-order valence-corrected chi connectivity index (χ3v) is 5.32.